The molecule has 0 bridgehead atoms. The van der Waals surface area contributed by atoms with Gasteiger partial charge in [-0.05, 0) is 19.1 Å². The molecule has 0 spiro atoms. The normalized spacial score (nSPS) is 8.44. The van der Waals surface area contributed by atoms with E-state index in [1.54, 1.807) is 18.3 Å². The second-order valence-electron chi connectivity index (χ2n) is 1.68. The van der Waals surface area contributed by atoms with Gasteiger partial charge in [0, 0.05) is 17.5 Å². The Kier molecular flexibility index (Phi) is 1.51. The van der Waals surface area contributed by atoms with E-state index in [0.29, 0.717) is 5.69 Å². The molecule has 0 aliphatic rings. The monoisotopic (exact) mass is 116 g/mol. The third-order valence-corrected chi connectivity index (χ3v) is 0.983. The van der Waals surface area contributed by atoms with Gasteiger partial charge in [0.25, 0.3) is 0 Å². The zero-order chi connectivity index (χ0) is 6.69. The molecule has 1 rings (SSSR count). The average molecular weight is 116 g/mol. The first-order valence-corrected chi connectivity index (χ1v) is 2.57. The lowest BCUT2D eigenvalue weighted by atomic mass is 10.2. The van der Waals surface area contributed by atoms with Gasteiger partial charge in [-0.2, -0.15) is 0 Å². The van der Waals surface area contributed by atoms with Gasteiger partial charge >= 0.3 is 0 Å². The quantitative estimate of drug-likeness (QED) is 0.465. The molecule has 0 unspecified atom stereocenters. The lowest BCUT2D eigenvalue weighted by Gasteiger charge is -1.89. The molecular weight excluding hydrogens is 110 g/mol. The van der Waals surface area contributed by atoms with Crippen LogP contribution in [0.25, 0.3) is 0 Å². The van der Waals surface area contributed by atoms with Crippen molar-refractivity contribution >= 4 is 0 Å². The van der Waals surface area contributed by atoms with Gasteiger partial charge in [0.05, 0.1) is 0 Å². The number of pyridine rings is 1. The molecule has 0 amide bonds. The highest BCUT2D eigenvalue weighted by molar-refractivity contribution is 5.32. The number of terminal acetylenes is 1. The van der Waals surface area contributed by atoms with Crippen LogP contribution in [0.5, 0.6) is 0 Å². The third kappa shape index (κ3) is 1.30. The topological polar surface area (TPSA) is 12.9 Å². The lowest BCUT2D eigenvalue weighted by molar-refractivity contribution is 1.26. The Bertz CT molecular complexity index is 245. The van der Waals surface area contributed by atoms with Crippen LogP contribution in [0.1, 0.15) is 11.3 Å². The van der Waals surface area contributed by atoms with Gasteiger partial charge in [0.2, 0.25) is 0 Å². The summed E-state index contributed by atoms with van der Waals surface area (Å²) in [6.45, 7) is 3.62. The highest BCUT2D eigenvalue weighted by Gasteiger charge is 1.85. The molecule has 1 heteroatoms. The van der Waals surface area contributed by atoms with Crippen LogP contribution in [0.3, 0.4) is 0 Å². The summed E-state index contributed by atoms with van der Waals surface area (Å²) >= 11 is 0. The Hall–Kier alpha value is -1.29. The fourth-order valence-electron chi connectivity index (χ4n) is 0.568. The van der Waals surface area contributed by atoms with Crippen molar-refractivity contribution in [3.63, 3.8) is 0 Å². The number of nitrogens with zero attached hydrogens (tertiary/aromatic N) is 1. The number of hydrogen-bond donors (Lipinski definition) is 0. The summed E-state index contributed by atoms with van der Waals surface area (Å²) in [4.78, 5) is 3.88. The zero-order valence-electron chi connectivity index (χ0n) is 4.96. The van der Waals surface area contributed by atoms with Crippen LogP contribution in [0.15, 0.2) is 18.3 Å². The molecule has 0 N–H and O–H groups in total. The van der Waals surface area contributed by atoms with Crippen LogP contribution >= 0.6 is 0 Å². The summed E-state index contributed by atoms with van der Waals surface area (Å²) in [6, 6.07) is 3.54. The maximum absolute atomic E-state index is 5.11. The van der Waals surface area contributed by atoms with E-state index in [-0.39, 0.29) is 0 Å². The van der Waals surface area contributed by atoms with E-state index in [1.807, 2.05) is 0 Å². The highest BCUT2D eigenvalue weighted by Crippen LogP contribution is 1.96. The molecular formula is C8H6N. The summed E-state index contributed by atoms with van der Waals surface area (Å²) < 4.78 is 0. The predicted octanol–water partition coefficient (Wildman–Crippen LogP) is 1.25. The molecule has 1 radical (unpaired) electrons. The van der Waals surface area contributed by atoms with Crippen molar-refractivity contribution in [2.45, 2.75) is 0 Å². The summed E-state index contributed by atoms with van der Waals surface area (Å²) in [5, 5.41) is 0. The van der Waals surface area contributed by atoms with E-state index >= 15 is 0 Å². The number of hydrogen-bond acceptors (Lipinski definition) is 1. The lowest BCUT2D eigenvalue weighted by Crippen LogP contribution is -1.79. The van der Waals surface area contributed by atoms with Crippen molar-refractivity contribution in [1.29, 1.82) is 0 Å². The van der Waals surface area contributed by atoms with Crippen molar-refractivity contribution in [2.75, 3.05) is 0 Å². The SMILES string of the molecule is C#Cc1ccnc([CH2])c1. The largest absolute Gasteiger partial charge is 0.261 e. The van der Waals surface area contributed by atoms with Gasteiger partial charge < -0.3 is 0 Å². The first-order chi connectivity index (χ1) is 4.33. The zero-order valence-corrected chi connectivity index (χ0v) is 4.96. The predicted molar refractivity (Wildman–Crippen MR) is 36.6 cm³/mol. The van der Waals surface area contributed by atoms with E-state index in [0.717, 1.165) is 5.56 Å². The van der Waals surface area contributed by atoms with E-state index in [9.17, 15) is 0 Å². The molecule has 0 saturated heterocycles. The Balaban J connectivity index is 3.12. The molecule has 43 valence electrons. The maximum Gasteiger partial charge on any atom is 0.0419 e. The molecule has 1 aromatic rings. The van der Waals surface area contributed by atoms with Gasteiger partial charge in [-0.3, -0.25) is 4.98 Å². The standard InChI is InChI=1S/C8H6N/c1-3-8-4-5-9-7(2)6-8/h1,4-6H,2H2. The molecule has 0 saturated carbocycles. The van der Waals surface area contributed by atoms with Crippen molar-refractivity contribution in [3.8, 4) is 12.3 Å². The molecule has 0 fully saturated rings. The van der Waals surface area contributed by atoms with Crippen LogP contribution in [0.4, 0.5) is 0 Å². The van der Waals surface area contributed by atoms with Crippen LogP contribution in [0.2, 0.25) is 0 Å². The third-order valence-electron chi connectivity index (χ3n) is 0.983. The van der Waals surface area contributed by atoms with Crippen molar-refractivity contribution in [3.05, 3.63) is 36.5 Å². The number of aromatic nitrogens is 1. The second kappa shape index (κ2) is 2.32. The summed E-state index contributed by atoms with van der Waals surface area (Å²) in [6.07, 6.45) is 6.76. The fraction of sp³-hybridized carbons (Fsp3) is 0. The average Bonchev–Trinajstić information content (AvgIpc) is 1.88. The molecule has 0 aromatic carbocycles. The van der Waals surface area contributed by atoms with E-state index < -0.39 is 0 Å². The maximum atomic E-state index is 5.11. The van der Waals surface area contributed by atoms with Crippen LogP contribution in [0, 0.1) is 19.3 Å². The first-order valence-electron chi connectivity index (χ1n) is 2.57. The summed E-state index contributed by atoms with van der Waals surface area (Å²) in [5.41, 5.74) is 1.54. The Labute approximate surface area is 54.7 Å². The van der Waals surface area contributed by atoms with Gasteiger partial charge in [-0.1, -0.05) is 5.92 Å². The minimum atomic E-state index is 0.713. The Morgan fingerprint density at radius 3 is 2.89 bits per heavy atom. The van der Waals surface area contributed by atoms with Gasteiger partial charge in [0.1, 0.15) is 0 Å². The van der Waals surface area contributed by atoms with E-state index in [2.05, 4.69) is 17.8 Å². The van der Waals surface area contributed by atoms with E-state index in [4.69, 9.17) is 6.42 Å². The van der Waals surface area contributed by atoms with Crippen molar-refractivity contribution in [1.82, 2.24) is 4.98 Å². The number of rotatable bonds is 0. The van der Waals surface area contributed by atoms with Gasteiger partial charge in [0.15, 0.2) is 0 Å². The summed E-state index contributed by atoms with van der Waals surface area (Å²) in [7, 11) is 0. The smallest absolute Gasteiger partial charge is 0.0419 e. The van der Waals surface area contributed by atoms with Crippen LogP contribution in [-0.2, 0) is 0 Å². The highest BCUT2D eigenvalue weighted by atomic mass is 14.6. The first kappa shape index (κ1) is 5.84. The minimum absolute atomic E-state index is 0.713. The molecule has 0 atom stereocenters. The van der Waals surface area contributed by atoms with Crippen LogP contribution in [-0.4, -0.2) is 4.98 Å². The summed E-state index contributed by atoms with van der Waals surface area (Å²) in [5.74, 6) is 2.49. The Morgan fingerprint density at radius 2 is 2.44 bits per heavy atom. The fourth-order valence-corrected chi connectivity index (χ4v) is 0.568. The van der Waals surface area contributed by atoms with Crippen molar-refractivity contribution < 1.29 is 0 Å². The molecule has 1 aromatic heterocycles. The Morgan fingerprint density at radius 1 is 1.67 bits per heavy atom. The molecule has 0 aliphatic carbocycles. The van der Waals surface area contributed by atoms with Gasteiger partial charge in [-0.25, -0.2) is 0 Å². The molecule has 0 aliphatic heterocycles. The van der Waals surface area contributed by atoms with Crippen LogP contribution < -0.4 is 0 Å². The van der Waals surface area contributed by atoms with E-state index in [1.165, 1.54) is 0 Å². The molecule has 9 heavy (non-hydrogen) atoms. The minimum Gasteiger partial charge on any atom is -0.261 e. The molecule has 1 nitrogen and oxygen atoms in total. The second-order valence-corrected chi connectivity index (χ2v) is 1.68. The van der Waals surface area contributed by atoms with Crippen molar-refractivity contribution in [2.24, 2.45) is 0 Å². The van der Waals surface area contributed by atoms with Gasteiger partial charge in [-0.15, -0.1) is 6.42 Å². The molecule has 1 heterocycles.